The third-order valence-corrected chi connectivity index (χ3v) is 5.96. The molecule has 5 heteroatoms. The molecule has 0 aliphatic heterocycles. The van der Waals surface area contributed by atoms with Crippen molar-refractivity contribution >= 4 is 28.8 Å². The minimum atomic E-state index is 0.0164. The number of thiazole rings is 1. The fourth-order valence-corrected chi connectivity index (χ4v) is 4.60. The van der Waals surface area contributed by atoms with Gasteiger partial charge in [-0.3, -0.25) is 4.79 Å². The Balaban J connectivity index is 1.44. The molecular weight excluding hydrogens is 364 g/mol. The average molecular weight is 383 g/mol. The van der Waals surface area contributed by atoms with Gasteiger partial charge < -0.3 is 5.32 Å². The minimum Gasteiger partial charge on any atom is -0.349 e. The second kappa shape index (κ2) is 7.60. The molecule has 2 aromatic carbocycles. The third kappa shape index (κ3) is 3.67. The molecule has 1 N–H and O–H groups in total. The van der Waals surface area contributed by atoms with E-state index >= 15 is 0 Å². The number of halogens is 1. The summed E-state index contributed by atoms with van der Waals surface area (Å²) in [4.78, 5) is 17.1. The van der Waals surface area contributed by atoms with Crippen molar-refractivity contribution in [2.75, 3.05) is 0 Å². The van der Waals surface area contributed by atoms with Crippen molar-refractivity contribution in [3.63, 3.8) is 0 Å². The Kier molecular flexibility index (Phi) is 5.05. The van der Waals surface area contributed by atoms with E-state index in [-0.39, 0.29) is 11.9 Å². The maximum absolute atomic E-state index is 12.5. The van der Waals surface area contributed by atoms with Crippen LogP contribution in [0.15, 0.2) is 53.9 Å². The van der Waals surface area contributed by atoms with Crippen LogP contribution in [-0.4, -0.2) is 10.9 Å². The van der Waals surface area contributed by atoms with Gasteiger partial charge in [0, 0.05) is 10.9 Å². The number of amides is 1. The number of aryl methyl sites for hydroxylation is 1. The molecule has 132 valence electrons. The molecule has 0 saturated carbocycles. The molecule has 1 unspecified atom stereocenters. The number of nitrogens with zero attached hydrogens (tertiary/aromatic N) is 1. The first-order chi connectivity index (χ1) is 12.7. The summed E-state index contributed by atoms with van der Waals surface area (Å²) in [5, 5.41) is 6.65. The molecule has 1 aliphatic carbocycles. The molecule has 0 bridgehead atoms. The zero-order valence-corrected chi connectivity index (χ0v) is 15.8. The first kappa shape index (κ1) is 17.3. The van der Waals surface area contributed by atoms with Gasteiger partial charge in [0.2, 0.25) is 5.91 Å². The van der Waals surface area contributed by atoms with Gasteiger partial charge in [-0.2, -0.15) is 0 Å². The lowest BCUT2D eigenvalue weighted by molar-refractivity contribution is -0.121. The standard InChI is InChI=1S/C21H19ClN2OS/c22-18-10-4-3-9-17(18)21-23-15(13-26-21)12-20(25)24-19-11-5-7-14-6-1-2-8-16(14)19/h1-4,6,8-10,13,19H,5,7,11-12H2,(H,24,25). The van der Waals surface area contributed by atoms with E-state index in [0.29, 0.717) is 11.4 Å². The molecule has 0 fully saturated rings. The number of rotatable bonds is 4. The summed E-state index contributed by atoms with van der Waals surface area (Å²) in [6.07, 6.45) is 3.48. The lowest BCUT2D eigenvalue weighted by atomic mass is 9.87. The molecule has 4 rings (SSSR count). The highest BCUT2D eigenvalue weighted by Gasteiger charge is 2.21. The quantitative estimate of drug-likeness (QED) is 0.673. The van der Waals surface area contributed by atoms with Crippen molar-refractivity contribution in [1.82, 2.24) is 10.3 Å². The van der Waals surface area contributed by atoms with Crippen LogP contribution in [0.25, 0.3) is 10.6 Å². The number of nitrogens with one attached hydrogen (secondary N) is 1. The Hall–Kier alpha value is -2.17. The highest BCUT2D eigenvalue weighted by Crippen LogP contribution is 2.31. The number of aromatic nitrogens is 1. The number of benzene rings is 2. The fourth-order valence-electron chi connectivity index (χ4n) is 3.46. The summed E-state index contributed by atoms with van der Waals surface area (Å²) in [6.45, 7) is 0. The van der Waals surface area contributed by atoms with Crippen LogP contribution in [0.3, 0.4) is 0 Å². The van der Waals surface area contributed by atoms with E-state index in [1.165, 1.54) is 22.5 Å². The molecule has 3 nitrogen and oxygen atoms in total. The zero-order chi connectivity index (χ0) is 17.9. The Morgan fingerprint density at radius 2 is 2.00 bits per heavy atom. The predicted molar refractivity (Wildman–Crippen MR) is 107 cm³/mol. The Morgan fingerprint density at radius 3 is 2.88 bits per heavy atom. The number of fused-ring (bicyclic) bond motifs is 1. The van der Waals surface area contributed by atoms with Gasteiger partial charge in [-0.15, -0.1) is 11.3 Å². The van der Waals surface area contributed by atoms with Crippen molar-refractivity contribution < 1.29 is 4.79 Å². The number of carbonyl (C=O) groups excluding carboxylic acids is 1. The molecule has 1 amide bonds. The summed E-state index contributed by atoms with van der Waals surface area (Å²) in [5.74, 6) is 0.0164. The monoisotopic (exact) mass is 382 g/mol. The second-order valence-electron chi connectivity index (χ2n) is 6.51. The van der Waals surface area contributed by atoms with Crippen molar-refractivity contribution in [2.45, 2.75) is 31.7 Å². The topological polar surface area (TPSA) is 42.0 Å². The molecule has 1 aromatic heterocycles. The molecular formula is C21H19ClN2OS. The van der Waals surface area contributed by atoms with Crippen LogP contribution < -0.4 is 5.32 Å². The van der Waals surface area contributed by atoms with E-state index in [2.05, 4.69) is 28.5 Å². The van der Waals surface area contributed by atoms with Gasteiger partial charge in [0.1, 0.15) is 5.01 Å². The van der Waals surface area contributed by atoms with Gasteiger partial charge >= 0.3 is 0 Å². The second-order valence-corrected chi connectivity index (χ2v) is 7.78. The Labute approximate surface area is 162 Å². The summed E-state index contributed by atoms with van der Waals surface area (Å²) >= 11 is 7.76. The number of hydrogen-bond acceptors (Lipinski definition) is 3. The average Bonchev–Trinajstić information content (AvgIpc) is 3.10. The van der Waals surface area contributed by atoms with E-state index in [1.54, 1.807) is 0 Å². The number of carbonyl (C=O) groups is 1. The van der Waals surface area contributed by atoms with Crippen LogP contribution in [0, 0.1) is 0 Å². The van der Waals surface area contributed by atoms with E-state index in [0.717, 1.165) is 35.5 Å². The van der Waals surface area contributed by atoms with Gasteiger partial charge in [0.25, 0.3) is 0 Å². The lowest BCUT2D eigenvalue weighted by Gasteiger charge is -2.26. The van der Waals surface area contributed by atoms with E-state index in [4.69, 9.17) is 11.6 Å². The van der Waals surface area contributed by atoms with Gasteiger partial charge in [0.15, 0.2) is 0 Å². The highest BCUT2D eigenvalue weighted by atomic mass is 35.5. The van der Waals surface area contributed by atoms with Gasteiger partial charge in [0.05, 0.1) is 23.2 Å². The summed E-state index contributed by atoms with van der Waals surface area (Å²) in [5.41, 5.74) is 4.29. The molecule has 0 spiro atoms. The van der Waals surface area contributed by atoms with Gasteiger partial charge in [-0.05, 0) is 36.5 Å². The molecule has 3 aromatic rings. The first-order valence-corrected chi connectivity index (χ1v) is 10.0. The summed E-state index contributed by atoms with van der Waals surface area (Å²) < 4.78 is 0. The number of hydrogen-bond donors (Lipinski definition) is 1. The minimum absolute atomic E-state index is 0.0164. The molecule has 0 saturated heterocycles. The summed E-state index contributed by atoms with van der Waals surface area (Å²) in [7, 11) is 0. The van der Waals surface area contributed by atoms with Gasteiger partial charge in [-0.1, -0.05) is 54.1 Å². The Morgan fingerprint density at radius 1 is 1.19 bits per heavy atom. The third-order valence-electron chi connectivity index (χ3n) is 4.70. The molecule has 1 aliphatic rings. The van der Waals surface area contributed by atoms with E-state index in [9.17, 15) is 4.79 Å². The largest absolute Gasteiger partial charge is 0.349 e. The van der Waals surface area contributed by atoms with E-state index in [1.807, 2.05) is 35.7 Å². The van der Waals surface area contributed by atoms with E-state index < -0.39 is 0 Å². The molecule has 26 heavy (non-hydrogen) atoms. The first-order valence-electron chi connectivity index (χ1n) is 8.77. The highest BCUT2D eigenvalue weighted by molar-refractivity contribution is 7.13. The smallest absolute Gasteiger partial charge is 0.226 e. The van der Waals surface area contributed by atoms with Crippen LogP contribution in [0.2, 0.25) is 5.02 Å². The molecule has 0 radical (unpaired) electrons. The maximum Gasteiger partial charge on any atom is 0.226 e. The van der Waals surface area contributed by atoms with Crippen LogP contribution in [0.1, 0.15) is 35.7 Å². The zero-order valence-electron chi connectivity index (χ0n) is 14.2. The molecule has 1 heterocycles. The molecule has 1 atom stereocenters. The Bertz CT molecular complexity index is 937. The van der Waals surface area contributed by atoms with Crippen molar-refractivity contribution in [3.05, 3.63) is 75.8 Å². The van der Waals surface area contributed by atoms with Crippen molar-refractivity contribution in [2.24, 2.45) is 0 Å². The lowest BCUT2D eigenvalue weighted by Crippen LogP contribution is -2.32. The van der Waals surface area contributed by atoms with Crippen molar-refractivity contribution in [1.29, 1.82) is 0 Å². The van der Waals surface area contributed by atoms with Crippen LogP contribution in [0.4, 0.5) is 0 Å². The van der Waals surface area contributed by atoms with Crippen molar-refractivity contribution in [3.8, 4) is 10.6 Å². The summed E-state index contributed by atoms with van der Waals surface area (Å²) in [6, 6.07) is 16.1. The fraction of sp³-hybridized carbons (Fsp3) is 0.238. The van der Waals surface area contributed by atoms with Crippen LogP contribution in [-0.2, 0) is 17.6 Å². The van der Waals surface area contributed by atoms with Crippen LogP contribution in [0.5, 0.6) is 0 Å². The van der Waals surface area contributed by atoms with Gasteiger partial charge in [-0.25, -0.2) is 4.98 Å². The maximum atomic E-state index is 12.5. The predicted octanol–water partition coefficient (Wildman–Crippen LogP) is 5.20. The SMILES string of the molecule is O=C(Cc1csc(-c2ccccc2Cl)n1)NC1CCCc2ccccc21. The van der Waals surface area contributed by atoms with Crippen LogP contribution >= 0.6 is 22.9 Å². The normalized spacial score (nSPS) is 16.1.